The van der Waals surface area contributed by atoms with Gasteiger partial charge in [0.15, 0.2) is 0 Å². The Hall–Kier alpha value is -0.700. The van der Waals surface area contributed by atoms with Gasteiger partial charge in [-0.25, -0.2) is 0 Å². The van der Waals surface area contributed by atoms with E-state index in [9.17, 15) is 9.59 Å². The summed E-state index contributed by atoms with van der Waals surface area (Å²) in [6, 6.07) is 0. The minimum atomic E-state index is 0.112. The van der Waals surface area contributed by atoms with E-state index >= 15 is 0 Å². The molecule has 0 aromatic carbocycles. The van der Waals surface area contributed by atoms with Gasteiger partial charge in [-0.15, -0.1) is 0 Å². The first-order valence-corrected chi connectivity index (χ1v) is 14.9. The third-order valence-electron chi connectivity index (χ3n) is 6.79. The van der Waals surface area contributed by atoms with Gasteiger partial charge >= 0.3 is 0 Å². The van der Waals surface area contributed by atoms with Crippen molar-refractivity contribution in [2.45, 2.75) is 162 Å². The third-order valence-corrected chi connectivity index (χ3v) is 6.79. The first-order chi connectivity index (χ1) is 16.1. The number of rotatable bonds is 21. The normalized spacial score (nSPS) is 13.9. The van der Waals surface area contributed by atoms with Gasteiger partial charge in [0.25, 0.3) is 0 Å². The maximum absolute atomic E-state index is 10.5. The van der Waals surface area contributed by atoms with Crippen molar-refractivity contribution in [2.75, 3.05) is 19.6 Å². The van der Waals surface area contributed by atoms with Gasteiger partial charge in [0.05, 0.1) is 6.42 Å². The summed E-state index contributed by atoms with van der Waals surface area (Å²) < 4.78 is 0. The van der Waals surface area contributed by atoms with E-state index < -0.39 is 0 Å². The van der Waals surface area contributed by atoms with Gasteiger partial charge in [-0.05, 0) is 45.3 Å². The van der Waals surface area contributed by atoms with Crippen LogP contribution in [0.4, 0.5) is 0 Å². The van der Waals surface area contributed by atoms with Crippen molar-refractivity contribution in [1.29, 1.82) is 0 Å². The lowest BCUT2D eigenvalue weighted by Gasteiger charge is -2.22. The van der Waals surface area contributed by atoms with E-state index in [0.717, 1.165) is 6.42 Å². The highest BCUT2D eigenvalue weighted by molar-refractivity contribution is 6.01. The number of carbonyl (C=O) groups is 2. The van der Waals surface area contributed by atoms with Gasteiger partial charge < -0.3 is 4.90 Å². The molecule has 0 atom stereocenters. The Balaban J connectivity index is 0.00000106. The van der Waals surface area contributed by atoms with Gasteiger partial charge in [0, 0.05) is 12.8 Å². The van der Waals surface area contributed by atoms with Gasteiger partial charge in [-0.1, -0.05) is 117 Å². The molecule has 196 valence electrons. The molecule has 0 heterocycles. The summed E-state index contributed by atoms with van der Waals surface area (Å²) in [5.74, 6) is 0.225. The molecule has 1 rings (SSSR count). The minimum Gasteiger partial charge on any atom is -0.303 e. The van der Waals surface area contributed by atoms with E-state index in [4.69, 9.17) is 0 Å². The summed E-state index contributed by atoms with van der Waals surface area (Å²) in [4.78, 5) is 23.7. The lowest BCUT2D eigenvalue weighted by Crippen LogP contribution is -2.27. The summed E-state index contributed by atoms with van der Waals surface area (Å²) in [6.45, 7) is 11.0. The zero-order valence-electron chi connectivity index (χ0n) is 22.9. The second-order valence-electron chi connectivity index (χ2n) is 10.3. The van der Waals surface area contributed by atoms with E-state index in [1.165, 1.54) is 135 Å². The topological polar surface area (TPSA) is 37.4 Å². The van der Waals surface area contributed by atoms with Crippen molar-refractivity contribution < 1.29 is 9.59 Å². The summed E-state index contributed by atoms with van der Waals surface area (Å²) in [5, 5.41) is 0. The molecule has 0 amide bonds. The fourth-order valence-electron chi connectivity index (χ4n) is 4.56. The number of Topliss-reactive ketones (excluding diaryl/α,β-unsaturated/α-hetero) is 2. The SMILES string of the molecule is CCCCCCCCN(CCCCCCCC)CCCCCCCC.O=C1CCCC(=O)C1. The Bertz CT molecular complexity index is 383. The summed E-state index contributed by atoms with van der Waals surface area (Å²) in [7, 11) is 0. The van der Waals surface area contributed by atoms with Crippen LogP contribution in [0.1, 0.15) is 162 Å². The van der Waals surface area contributed by atoms with Crippen LogP contribution in [-0.4, -0.2) is 36.1 Å². The molecule has 33 heavy (non-hydrogen) atoms. The predicted molar refractivity (Wildman–Crippen MR) is 145 cm³/mol. The number of carbonyl (C=O) groups excluding carboxylic acids is 2. The van der Waals surface area contributed by atoms with Crippen LogP contribution in [0.5, 0.6) is 0 Å². The molecule has 1 fully saturated rings. The van der Waals surface area contributed by atoms with Crippen LogP contribution in [0.2, 0.25) is 0 Å². The number of hydrogen-bond acceptors (Lipinski definition) is 3. The summed E-state index contributed by atoms with van der Waals surface area (Å²) >= 11 is 0. The highest BCUT2D eigenvalue weighted by atomic mass is 16.1. The Morgan fingerprint density at radius 3 is 1.06 bits per heavy atom. The standard InChI is InChI=1S/C24H51N.C6H8O2/c1-4-7-10-13-16-19-22-25(23-20-17-14-11-8-5-2)24-21-18-15-12-9-6-3;7-5-2-1-3-6(8)4-5/h4-24H2,1-3H3;1-4H2. The van der Waals surface area contributed by atoms with Crippen LogP contribution >= 0.6 is 0 Å². The van der Waals surface area contributed by atoms with E-state index in [1.807, 2.05) is 0 Å². The molecular weight excluding hydrogens is 406 g/mol. The van der Waals surface area contributed by atoms with Crippen LogP contribution in [0.3, 0.4) is 0 Å². The molecule has 0 spiro atoms. The van der Waals surface area contributed by atoms with Crippen molar-refractivity contribution in [3.05, 3.63) is 0 Å². The zero-order chi connectivity index (χ0) is 24.4. The van der Waals surface area contributed by atoms with E-state index in [-0.39, 0.29) is 18.0 Å². The molecule has 0 radical (unpaired) electrons. The smallest absolute Gasteiger partial charge is 0.140 e. The minimum absolute atomic E-state index is 0.112. The molecule has 0 unspecified atom stereocenters. The van der Waals surface area contributed by atoms with Crippen LogP contribution < -0.4 is 0 Å². The zero-order valence-corrected chi connectivity index (χ0v) is 22.9. The number of unbranched alkanes of at least 4 members (excludes halogenated alkanes) is 15. The molecule has 0 aromatic heterocycles. The maximum Gasteiger partial charge on any atom is 0.140 e. The second kappa shape index (κ2) is 25.9. The molecule has 0 aliphatic heterocycles. The average molecular weight is 466 g/mol. The van der Waals surface area contributed by atoms with Gasteiger partial charge in [-0.3, -0.25) is 9.59 Å². The molecule has 1 aliphatic carbocycles. The quantitative estimate of drug-likeness (QED) is 0.125. The predicted octanol–water partition coefficient (Wildman–Crippen LogP) is 9.07. The van der Waals surface area contributed by atoms with Crippen molar-refractivity contribution in [3.63, 3.8) is 0 Å². The van der Waals surface area contributed by atoms with Crippen molar-refractivity contribution in [3.8, 4) is 0 Å². The fraction of sp³-hybridized carbons (Fsp3) is 0.933. The molecular formula is C30H59NO2. The molecule has 3 nitrogen and oxygen atoms in total. The molecule has 3 heteroatoms. The van der Waals surface area contributed by atoms with E-state index in [1.54, 1.807) is 0 Å². The van der Waals surface area contributed by atoms with Crippen LogP contribution in [0, 0.1) is 0 Å². The van der Waals surface area contributed by atoms with E-state index in [2.05, 4.69) is 25.7 Å². The molecule has 0 N–H and O–H groups in total. The molecule has 0 aromatic rings. The van der Waals surface area contributed by atoms with E-state index in [0.29, 0.717) is 12.8 Å². The molecule has 0 bridgehead atoms. The fourth-order valence-corrected chi connectivity index (χ4v) is 4.56. The first kappa shape index (κ1) is 32.3. The maximum atomic E-state index is 10.5. The monoisotopic (exact) mass is 465 g/mol. The Morgan fingerprint density at radius 2 is 0.788 bits per heavy atom. The third kappa shape index (κ3) is 24.2. The number of hydrogen-bond donors (Lipinski definition) is 0. The Morgan fingerprint density at radius 1 is 0.485 bits per heavy atom. The van der Waals surface area contributed by atoms with Crippen LogP contribution in [-0.2, 0) is 9.59 Å². The second-order valence-corrected chi connectivity index (χ2v) is 10.3. The lowest BCUT2D eigenvalue weighted by molar-refractivity contribution is -0.129. The number of nitrogens with zero attached hydrogens (tertiary/aromatic N) is 1. The summed E-state index contributed by atoms with van der Waals surface area (Å²) in [5.41, 5.74) is 0. The molecule has 1 aliphatic rings. The van der Waals surface area contributed by atoms with Crippen molar-refractivity contribution in [2.24, 2.45) is 0 Å². The van der Waals surface area contributed by atoms with Gasteiger partial charge in [0.2, 0.25) is 0 Å². The highest BCUT2D eigenvalue weighted by Crippen LogP contribution is 2.11. The van der Waals surface area contributed by atoms with Crippen LogP contribution in [0.25, 0.3) is 0 Å². The molecule has 1 saturated carbocycles. The Kier molecular flexibility index (Phi) is 25.4. The first-order valence-electron chi connectivity index (χ1n) is 14.9. The lowest BCUT2D eigenvalue weighted by atomic mass is 9.98. The van der Waals surface area contributed by atoms with Crippen LogP contribution in [0.15, 0.2) is 0 Å². The molecule has 0 saturated heterocycles. The van der Waals surface area contributed by atoms with Gasteiger partial charge in [-0.2, -0.15) is 0 Å². The van der Waals surface area contributed by atoms with Crippen molar-refractivity contribution in [1.82, 2.24) is 4.90 Å². The average Bonchev–Trinajstić information content (AvgIpc) is 2.80. The number of ketones is 2. The van der Waals surface area contributed by atoms with Crippen molar-refractivity contribution >= 4 is 11.6 Å². The summed E-state index contributed by atoms with van der Waals surface area (Å²) in [6.07, 6.45) is 27.9. The highest BCUT2D eigenvalue weighted by Gasteiger charge is 2.14. The largest absolute Gasteiger partial charge is 0.303 e. The van der Waals surface area contributed by atoms with Gasteiger partial charge in [0.1, 0.15) is 11.6 Å². The Labute approximate surface area is 207 Å².